The van der Waals surface area contributed by atoms with Gasteiger partial charge in [-0.2, -0.15) is 0 Å². The number of benzene rings is 1. The van der Waals surface area contributed by atoms with Crippen LogP contribution in [0.2, 0.25) is 0 Å². The molecular weight excluding hydrogens is 273 g/mol. The molecule has 4 nitrogen and oxygen atoms in total. The minimum absolute atomic E-state index is 0.156. The van der Waals surface area contributed by atoms with Gasteiger partial charge in [0.05, 0.1) is 12.2 Å². The highest BCUT2D eigenvalue weighted by atomic mass is 19.1. The number of nitrogens with one attached hydrogen (secondary N) is 1. The van der Waals surface area contributed by atoms with Crippen molar-refractivity contribution in [3.05, 3.63) is 35.1 Å². The monoisotopic (exact) mass is 293 g/mol. The molecule has 1 aromatic rings. The second-order valence-electron chi connectivity index (χ2n) is 4.38. The van der Waals surface area contributed by atoms with Crippen LogP contribution >= 0.6 is 0 Å². The lowest BCUT2D eigenvalue weighted by atomic mass is 10.1. The zero-order chi connectivity index (χ0) is 15.5. The third-order valence-corrected chi connectivity index (χ3v) is 2.71. The van der Waals surface area contributed by atoms with E-state index in [0.717, 1.165) is 18.9 Å². The fourth-order valence-corrected chi connectivity index (χ4v) is 1.58. The molecule has 0 spiro atoms. The van der Waals surface area contributed by atoms with E-state index in [2.05, 4.69) is 24.1 Å². The summed E-state index contributed by atoms with van der Waals surface area (Å²) >= 11 is 0. The number of unbranched alkanes of at least 4 members (excludes halogenated alkanes) is 1. The number of amides is 1. The molecule has 1 amide bonds. The average molecular weight is 293 g/mol. The predicted molar refractivity (Wildman–Crippen MR) is 78.4 cm³/mol. The molecule has 114 valence electrons. The maximum Gasteiger partial charge on any atom is 0.251 e. The smallest absolute Gasteiger partial charge is 0.251 e. The van der Waals surface area contributed by atoms with E-state index in [1.807, 2.05) is 0 Å². The van der Waals surface area contributed by atoms with Crippen molar-refractivity contribution < 1.29 is 19.0 Å². The van der Waals surface area contributed by atoms with Gasteiger partial charge in [0.1, 0.15) is 12.4 Å². The van der Waals surface area contributed by atoms with Crippen LogP contribution < -0.4 is 5.32 Å². The van der Waals surface area contributed by atoms with Crippen molar-refractivity contribution in [1.82, 2.24) is 5.32 Å². The summed E-state index contributed by atoms with van der Waals surface area (Å²) in [6.07, 6.45) is 2.06. The highest BCUT2D eigenvalue weighted by Gasteiger charge is 2.08. The number of hydrogen-bond acceptors (Lipinski definition) is 3. The lowest BCUT2D eigenvalue weighted by Crippen LogP contribution is -2.27. The van der Waals surface area contributed by atoms with Gasteiger partial charge >= 0.3 is 0 Å². The van der Waals surface area contributed by atoms with Gasteiger partial charge in [-0.1, -0.05) is 25.2 Å². The Balaban J connectivity index is 2.46. The van der Waals surface area contributed by atoms with Crippen molar-refractivity contribution in [2.24, 2.45) is 0 Å². The molecule has 5 heteroatoms. The second-order valence-corrected chi connectivity index (χ2v) is 4.38. The van der Waals surface area contributed by atoms with Gasteiger partial charge in [0.15, 0.2) is 0 Å². The summed E-state index contributed by atoms with van der Waals surface area (Å²) in [6.45, 7) is 3.25. The number of carbonyl (C=O) groups is 1. The van der Waals surface area contributed by atoms with E-state index in [4.69, 9.17) is 9.84 Å². The largest absolute Gasteiger partial charge is 0.384 e. The molecular formula is C16H20FNO3. The molecule has 0 fully saturated rings. The summed E-state index contributed by atoms with van der Waals surface area (Å²) in [5.41, 5.74) is 0.388. The van der Waals surface area contributed by atoms with Gasteiger partial charge in [0, 0.05) is 18.7 Å². The Morgan fingerprint density at radius 1 is 1.43 bits per heavy atom. The van der Waals surface area contributed by atoms with E-state index >= 15 is 0 Å². The molecule has 1 aromatic carbocycles. The minimum Gasteiger partial charge on any atom is -0.384 e. The SMILES string of the molecule is CCCCOCCNC(=O)c1ccc(C#CCO)c(F)c1. The van der Waals surface area contributed by atoms with E-state index in [0.29, 0.717) is 19.8 Å². The predicted octanol–water partition coefficient (Wildman–Crippen LogP) is 1.72. The molecule has 0 aliphatic carbocycles. The molecule has 0 saturated carbocycles. The van der Waals surface area contributed by atoms with Crippen LogP contribution in [0, 0.1) is 17.7 Å². The third kappa shape index (κ3) is 6.39. The fraction of sp³-hybridized carbons (Fsp3) is 0.438. The van der Waals surface area contributed by atoms with Crippen molar-refractivity contribution in [3.63, 3.8) is 0 Å². The van der Waals surface area contributed by atoms with E-state index in [1.165, 1.54) is 12.1 Å². The van der Waals surface area contributed by atoms with Crippen LogP contribution in [0.5, 0.6) is 0 Å². The summed E-state index contributed by atoms with van der Waals surface area (Å²) in [5, 5.41) is 11.2. The first-order chi connectivity index (χ1) is 10.2. The fourth-order valence-electron chi connectivity index (χ4n) is 1.58. The minimum atomic E-state index is -0.581. The van der Waals surface area contributed by atoms with Gasteiger partial charge in [-0.3, -0.25) is 4.79 Å². The summed E-state index contributed by atoms with van der Waals surface area (Å²) in [6, 6.07) is 4.05. The van der Waals surface area contributed by atoms with Crippen LogP contribution in [-0.2, 0) is 4.74 Å². The number of aliphatic hydroxyl groups excluding tert-OH is 1. The molecule has 0 aliphatic heterocycles. The quantitative estimate of drug-likeness (QED) is 0.594. The Kier molecular flexibility index (Phi) is 8.10. The molecule has 0 aliphatic rings. The van der Waals surface area contributed by atoms with Crippen molar-refractivity contribution >= 4 is 5.91 Å². The lowest BCUT2D eigenvalue weighted by molar-refractivity contribution is 0.0912. The highest BCUT2D eigenvalue weighted by molar-refractivity contribution is 5.94. The van der Waals surface area contributed by atoms with Gasteiger partial charge in [-0.15, -0.1) is 0 Å². The normalized spacial score (nSPS) is 9.86. The lowest BCUT2D eigenvalue weighted by Gasteiger charge is -2.06. The van der Waals surface area contributed by atoms with Crippen molar-refractivity contribution in [2.45, 2.75) is 19.8 Å². The molecule has 0 heterocycles. The van der Waals surface area contributed by atoms with E-state index in [1.54, 1.807) is 0 Å². The zero-order valence-electron chi connectivity index (χ0n) is 12.1. The Hall–Kier alpha value is -1.90. The standard InChI is InChI=1S/C16H20FNO3/c1-2-3-10-21-11-8-18-16(20)14-7-6-13(5-4-9-19)15(17)12-14/h6-7,12,19H,2-3,8-11H2,1H3,(H,18,20). The van der Waals surface area contributed by atoms with Gasteiger partial charge < -0.3 is 15.2 Å². The first kappa shape index (κ1) is 17.2. The van der Waals surface area contributed by atoms with Crippen LogP contribution in [-0.4, -0.2) is 37.4 Å². The Morgan fingerprint density at radius 3 is 2.90 bits per heavy atom. The number of aliphatic hydroxyl groups is 1. The molecule has 0 bridgehead atoms. The molecule has 0 aromatic heterocycles. The van der Waals surface area contributed by atoms with Crippen LogP contribution in [0.1, 0.15) is 35.7 Å². The average Bonchev–Trinajstić information content (AvgIpc) is 2.49. The summed E-state index contributed by atoms with van der Waals surface area (Å²) in [7, 11) is 0. The molecule has 1 rings (SSSR count). The first-order valence-corrected chi connectivity index (χ1v) is 6.94. The van der Waals surface area contributed by atoms with E-state index in [-0.39, 0.29) is 23.6 Å². The molecule has 0 radical (unpaired) electrons. The first-order valence-electron chi connectivity index (χ1n) is 6.94. The topological polar surface area (TPSA) is 58.6 Å². The Bertz CT molecular complexity index is 520. The van der Waals surface area contributed by atoms with Crippen LogP contribution in [0.25, 0.3) is 0 Å². The molecule has 0 atom stereocenters. The number of ether oxygens (including phenoxy) is 1. The third-order valence-electron chi connectivity index (χ3n) is 2.71. The summed E-state index contributed by atoms with van der Waals surface area (Å²) in [4.78, 5) is 11.8. The van der Waals surface area contributed by atoms with Crippen molar-refractivity contribution in [3.8, 4) is 11.8 Å². The number of carbonyl (C=O) groups excluding carboxylic acids is 1. The molecule has 0 unspecified atom stereocenters. The van der Waals surface area contributed by atoms with Crippen LogP contribution in [0.3, 0.4) is 0 Å². The highest BCUT2D eigenvalue weighted by Crippen LogP contribution is 2.09. The zero-order valence-corrected chi connectivity index (χ0v) is 12.1. The van der Waals surface area contributed by atoms with E-state index < -0.39 is 5.82 Å². The Morgan fingerprint density at radius 2 is 2.24 bits per heavy atom. The number of halogens is 1. The van der Waals surface area contributed by atoms with Crippen LogP contribution in [0.4, 0.5) is 4.39 Å². The van der Waals surface area contributed by atoms with Gasteiger partial charge in [0.2, 0.25) is 0 Å². The van der Waals surface area contributed by atoms with E-state index in [9.17, 15) is 9.18 Å². The number of hydrogen-bond donors (Lipinski definition) is 2. The summed E-state index contributed by atoms with van der Waals surface area (Å²) < 4.78 is 19.0. The molecule has 21 heavy (non-hydrogen) atoms. The van der Waals surface area contributed by atoms with Gasteiger partial charge in [-0.05, 0) is 24.6 Å². The van der Waals surface area contributed by atoms with Crippen molar-refractivity contribution in [2.75, 3.05) is 26.4 Å². The van der Waals surface area contributed by atoms with Gasteiger partial charge in [-0.25, -0.2) is 4.39 Å². The molecule has 0 saturated heterocycles. The molecule has 2 N–H and O–H groups in total. The number of rotatable bonds is 7. The summed E-state index contributed by atoms with van der Waals surface area (Å²) in [5.74, 6) is 3.90. The Labute approximate surface area is 124 Å². The van der Waals surface area contributed by atoms with Gasteiger partial charge in [0.25, 0.3) is 5.91 Å². The second kappa shape index (κ2) is 9.92. The maximum atomic E-state index is 13.7. The van der Waals surface area contributed by atoms with Crippen molar-refractivity contribution in [1.29, 1.82) is 0 Å². The maximum absolute atomic E-state index is 13.7. The van der Waals surface area contributed by atoms with Crippen LogP contribution in [0.15, 0.2) is 18.2 Å².